The molecule has 1 atom stereocenters. The highest BCUT2D eigenvalue weighted by molar-refractivity contribution is 7.88. The number of sulfonamides is 1. The molecule has 12 heteroatoms. The van der Waals surface area contributed by atoms with Crippen molar-refractivity contribution in [2.45, 2.75) is 25.6 Å². The summed E-state index contributed by atoms with van der Waals surface area (Å²) in [4.78, 5) is 16.7. The van der Waals surface area contributed by atoms with E-state index in [1.165, 1.54) is 10.4 Å². The zero-order chi connectivity index (χ0) is 23.5. The quantitative estimate of drug-likeness (QED) is 0.696. The number of halogens is 3. The number of nitrogens with one attached hydrogen (secondary N) is 1. The first-order valence-corrected chi connectivity index (χ1v) is 12.4. The molecule has 1 N–H and O–H groups in total. The summed E-state index contributed by atoms with van der Waals surface area (Å²) in [7, 11) is -3.32. The molecule has 2 aliphatic rings. The fraction of sp³-hybridized carbons (Fsp3) is 0.650. The maximum Gasteiger partial charge on any atom is 0.416 e. The van der Waals surface area contributed by atoms with Crippen LogP contribution in [0.2, 0.25) is 0 Å². The fourth-order valence-corrected chi connectivity index (χ4v) is 4.80. The molecule has 8 nitrogen and oxygen atoms in total. The molecule has 2 fully saturated rings. The lowest BCUT2D eigenvalue weighted by molar-refractivity contribution is -0.137. The Morgan fingerprint density at radius 1 is 1.09 bits per heavy atom. The second kappa shape index (κ2) is 9.94. The van der Waals surface area contributed by atoms with Crippen LogP contribution in [0, 0.1) is 0 Å². The van der Waals surface area contributed by atoms with Gasteiger partial charge in [0.25, 0.3) is 0 Å². The van der Waals surface area contributed by atoms with Crippen LogP contribution < -0.4 is 10.2 Å². The molecule has 32 heavy (non-hydrogen) atoms. The van der Waals surface area contributed by atoms with Crippen LogP contribution in [0.25, 0.3) is 0 Å². The topological polar surface area (TPSA) is 82.2 Å². The molecular weight excluding hydrogens is 449 g/mol. The number of nitrogens with zero attached hydrogens (tertiary/aromatic N) is 3. The van der Waals surface area contributed by atoms with Crippen molar-refractivity contribution < 1.29 is 31.1 Å². The summed E-state index contributed by atoms with van der Waals surface area (Å²) in [5.74, 6) is -0.438. The molecule has 1 aromatic carbocycles. The number of carbonyl (C=O) groups excluding carboxylic acids is 1. The third-order valence-electron chi connectivity index (χ3n) is 5.82. The van der Waals surface area contributed by atoms with Gasteiger partial charge >= 0.3 is 6.18 Å². The van der Waals surface area contributed by atoms with Crippen molar-refractivity contribution in [3.63, 3.8) is 0 Å². The molecule has 0 bridgehead atoms. The summed E-state index contributed by atoms with van der Waals surface area (Å²) >= 11 is 0. The molecule has 2 aliphatic heterocycles. The largest absolute Gasteiger partial charge is 0.416 e. The number of hydrogen-bond donors (Lipinski definition) is 1. The van der Waals surface area contributed by atoms with Gasteiger partial charge < -0.3 is 15.0 Å². The maximum absolute atomic E-state index is 13.3. The van der Waals surface area contributed by atoms with E-state index < -0.39 is 33.7 Å². The Morgan fingerprint density at radius 3 is 2.41 bits per heavy atom. The molecule has 0 radical (unpaired) electrons. The SMILES string of the molecule is C[C@H](C(=O)Nc1cc(C(F)(F)F)ccc1N1CCOCC1)N1CCCN(S(C)(=O)=O)CC1. The summed E-state index contributed by atoms with van der Waals surface area (Å²) in [6, 6.07) is 2.72. The van der Waals surface area contributed by atoms with Gasteiger partial charge in [-0.25, -0.2) is 12.7 Å². The number of morpholine rings is 1. The van der Waals surface area contributed by atoms with Crippen LogP contribution in [0.4, 0.5) is 24.5 Å². The van der Waals surface area contributed by atoms with Gasteiger partial charge in [0.05, 0.1) is 42.4 Å². The van der Waals surface area contributed by atoms with Crippen molar-refractivity contribution in [1.82, 2.24) is 9.21 Å². The van der Waals surface area contributed by atoms with E-state index in [9.17, 15) is 26.4 Å². The number of alkyl halides is 3. The first-order chi connectivity index (χ1) is 15.0. The van der Waals surface area contributed by atoms with Crippen LogP contribution in [0.15, 0.2) is 18.2 Å². The second-order valence-electron chi connectivity index (χ2n) is 8.05. The van der Waals surface area contributed by atoms with Crippen molar-refractivity contribution in [3.8, 4) is 0 Å². The van der Waals surface area contributed by atoms with E-state index in [1.807, 2.05) is 9.80 Å². The Labute approximate surface area is 186 Å². The summed E-state index contributed by atoms with van der Waals surface area (Å²) in [6.07, 6.45) is -2.82. The normalized spacial score (nSPS) is 20.6. The summed E-state index contributed by atoms with van der Waals surface area (Å²) in [5, 5.41) is 2.68. The van der Waals surface area contributed by atoms with Crippen molar-refractivity contribution in [1.29, 1.82) is 0 Å². The Kier molecular flexibility index (Phi) is 7.69. The lowest BCUT2D eigenvalue weighted by Gasteiger charge is -2.32. The second-order valence-corrected chi connectivity index (χ2v) is 10.0. The summed E-state index contributed by atoms with van der Waals surface area (Å²) in [6.45, 7) is 5.12. The number of rotatable bonds is 5. The Morgan fingerprint density at radius 2 is 1.78 bits per heavy atom. The van der Waals surface area contributed by atoms with Crippen molar-refractivity contribution in [2.24, 2.45) is 0 Å². The van der Waals surface area contributed by atoms with Crippen LogP contribution >= 0.6 is 0 Å². The number of hydrogen-bond acceptors (Lipinski definition) is 6. The number of carbonyl (C=O) groups is 1. The molecule has 0 saturated carbocycles. The van der Waals surface area contributed by atoms with E-state index in [1.54, 1.807) is 6.92 Å². The predicted octanol–water partition coefficient (Wildman–Crippen LogP) is 1.84. The van der Waals surface area contributed by atoms with E-state index in [4.69, 9.17) is 4.74 Å². The van der Waals surface area contributed by atoms with Crippen molar-refractivity contribution in [3.05, 3.63) is 23.8 Å². The zero-order valence-electron chi connectivity index (χ0n) is 18.2. The summed E-state index contributed by atoms with van der Waals surface area (Å²) in [5.41, 5.74) is -0.219. The Balaban J connectivity index is 1.77. The van der Waals surface area contributed by atoms with Gasteiger partial charge in [0.2, 0.25) is 15.9 Å². The molecule has 0 aliphatic carbocycles. The predicted molar refractivity (Wildman–Crippen MR) is 115 cm³/mol. The van der Waals surface area contributed by atoms with E-state index in [-0.39, 0.29) is 12.2 Å². The van der Waals surface area contributed by atoms with Gasteiger partial charge in [-0.3, -0.25) is 9.69 Å². The molecule has 2 saturated heterocycles. The van der Waals surface area contributed by atoms with Crippen LogP contribution in [0.5, 0.6) is 0 Å². The molecule has 0 spiro atoms. The van der Waals surface area contributed by atoms with E-state index in [2.05, 4.69) is 5.32 Å². The molecule has 2 heterocycles. The average molecular weight is 479 g/mol. The molecule has 3 rings (SSSR count). The smallest absolute Gasteiger partial charge is 0.378 e. The van der Waals surface area contributed by atoms with Crippen LogP contribution in [0.3, 0.4) is 0 Å². The number of ether oxygens (including phenoxy) is 1. The lowest BCUT2D eigenvalue weighted by atomic mass is 10.1. The third-order valence-corrected chi connectivity index (χ3v) is 7.12. The van der Waals surface area contributed by atoms with Crippen molar-refractivity contribution in [2.75, 3.05) is 69.0 Å². The minimum absolute atomic E-state index is 0.103. The molecule has 0 aromatic heterocycles. The fourth-order valence-electron chi connectivity index (χ4n) is 3.93. The highest BCUT2D eigenvalue weighted by Gasteiger charge is 2.33. The van der Waals surface area contributed by atoms with Gasteiger partial charge in [-0.15, -0.1) is 0 Å². The summed E-state index contributed by atoms with van der Waals surface area (Å²) < 4.78 is 70.2. The van der Waals surface area contributed by atoms with Gasteiger partial charge in [0, 0.05) is 39.3 Å². The number of benzene rings is 1. The highest BCUT2D eigenvalue weighted by Crippen LogP contribution is 2.36. The van der Waals surface area contributed by atoms with Crippen LogP contribution in [0.1, 0.15) is 18.9 Å². The van der Waals surface area contributed by atoms with Gasteiger partial charge in [-0.1, -0.05) is 0 Å². The standard InChI is InChI=1S/C20H29F3N4O4S/c1-15(25-6-3-7-27(9-8-25)32(2,29)30)19(28)24-17-14-16(20(21,22)23)4-5-18(17)26-10-12-31-13-11-26/h4-5,14-15H,3,6-13H2,1-2H3,(H,24,28)/t15-/m1/s1. The minimum atomic E-state index is -4.53. The van der Waals surface area contributed by atoms with Gasteiger partial charge in [-0.2, -0.15) is 13.2 Å². The average Bonchev–Trinajstić information content (AvgIpc) is 2.99. The first kappa shape index (κ1) is 24.7. The molecule has 1 aromatic rings. The third kappa shape index (κ3) is 6.12. The highest BCUT2D eigenvalue weighted by atomic mass is 32.2. The zero-order valence-corrected chi connectivity index (χ0v) is 19.0. The monoisotopic (exact) mass is 478 g/mol. The molecule has 0 unspecified atom stereocenters. The van der Waals surface area contributed by atoms with Gasteiger partial charge in [0.15, 0.2) is 0 Å². The van der Waals surface area contributed by atoms with Crippen LogP contribution in [-0.4, -0.2) is 88.3 Å². The van der Waals surface area contributed by atoms with E-state index in [0.29, 0.717) is 58.0 Å². The van der Waals surface area contributed by atoms with E-state index in [0.717, 1.165) is 18.4 Å². The molecule has 1 amide bonds. The minimum Gasteiger partial charge on any atom is -0.378 e. The first-order valence-electron chi connectivity index (χ1n) is 10.5. The maximum atomic E-state index is 13.3. The van der Waals surface area contributed by atoms with Crippen molar-refractivity contribution >= 4 is 27.3 Å². The Bertz CT molecular complexity index is 920. The lowest BCUT2D eigenvalue weighted by Crippen LogP contribution is -2.44. The van der Waals surface area contributed by atoms with Gasteiger partial charge in [-0.05, 0) is 31.5 Å². The molecular formula is C20H29F3N4O4S. The Hall–Kier alpha value is -1.89. The molecule has 180 valence electrons. The van der Waals surface area contributed by atoms with Crippen LogP contribution in [-0.2, 0) is 25.7 Å². The number of anilines is 2. The number of amides is 1. The van der Waals surface area contributed by atoms with E-state index >= 15 is 0 Å². The van der Waals surface area contributed by atoms with Gasteiger partial charge in [0.1, 0.15) is 0 Å².